The number of benzene rings is 7. The Morgan fingerprint density at radius 3 is 1.34 bits per heavy atom. The van der Waals surface area contributed by atoms with Crippen LogP contribution < -0.4 is 0 Å². The Kier molecular flexibility index (Phi) is 24.8. The Labute approximate surface area is 670 Å². The molecule has 5 aliphatic rings. The van der Waals surface area contributed by atoms with Crippen LogP contribution in [0.1, 0.15) is 213 Å². The minimum atomic E-state index is -4.98. The number of rotatable bonds is 27. The average molecular weight is 1670 g/mol. The lowest BCUT2D eigenvalue weighted by molar-refractivity contribution is -0.147. The number of Topliss-reactive ketones (excluding diaryl/α,β-unsaturated/α-hetero) is 3. The molecule has 0 aliphatic heterocycles. The summed E-state index contributed by atoms with van der Waals surface area (Å²) in [5.41, 5.74) is -5.60. The summed E-state index contributed by atoms with van der Waals surface area (Å²) in [6.07, 6.45) is -36.1. The number of alkyl halides is 18. The van der Waals surface area contributed by atoms with Gasteiger partial charge in [0.1, 0.15) is 5.71 Å². The highest BCUT2D eigenvalue weighted by molar-refractivity contribution is 6.52. The predicted octanol–water partition coefficient (Wildman–Crippen LogP) is 24.1. The van der Waals surface area contributed by atoms with E-state index < -0.39 is 189 Å². The van der Waals surface area contributed by atoms with Crippen LogP contribution in [0, 0.1) is 18.8 Å². The first kappa shape index (κ1) is 87.5. The molecule has 0 heterocycles. The summed E-state index contributed by atoms with van der Waals surface area (Å²) in [6, 6.07) is 32.4. The van der Waals surface area contributed by atoms with E-state index >= 15 is 4.79 Å². The summed E-state index contributed by atoms with van der Waals surface area (Å²) < 4.78 is 261. The lowest BCUT2D eigenvalue weighted by Crippen LogP contribution is -2.36. The van der Waals surface area contributed by atoms with Crippen molar-refractivity contribution in [2.75, 3.05) is 0 Å². The van der Waals surface area contributed by atoms with E-state index in [0.29, 0.717) is 5.56 Å². The lowest BCUT2D eigenvalue weighted by Gasteiger charge is -2.39. The molecule has 7 aromatic rings. The second kappa shape index (κ2) is 33.8. The molecule has 1 saturated carbocycles. The van der Waals surface area contributed by atoms with Crippen LogP contribution in [-0.2, 0) is 49.9 Å². The van der Waals surface area contributed by atoms with Gasteiger partial charge in [-0.3, -0.25) is 14.4 Å². The summed E-state index contributed by atoms with van der Waals surface area (Å²) in [4.78, 5) is 96.4. The third-order valence-corrected chi connectivity index (χ3v) is 23.3. The predicted molar refractivity (Wildman–Crippen MR) is 405 cm³/mol. The van der Waals surface area contributed by atoms with E-state index in [4.69, 9.17) is 14.5 Å². The number of nitrogens with zero attached hydrogens (tertiary/aromatic N) is 3. The zero-order chi connectivity index (χ0) is 86.3. The smallest absolute Gasteiger partial charge is 0.318 e. The number of fused-ring (bicyclic) bond motifs is 9. The molecule has 119 heavy (non-hydrogen) atoms. The molecule has 1 fully saturated rings. The zero-order valence-corrected chi connectivity index (χ0v) is 64.3. The minimum Gasteiger partial charge on any atom is -0.318 e. The molecule has 12 nitrogen and oxygen atoms in total. The highest BCUT2D eigenvalue weighted by Crippen LogP contribution is 2.62. The van der Waals surface area contributed by atoms with E-state index in [1.165, 1.54) is 159 Å². The Balaban J connectivity index is 0.883. The van der Waals surface area contributed by atoms with Gasteiger partial charge in [0.2, 0.25) is 17.3 Å². The first-order chi connectivity index (χ1) is 55.7. The number of oxime groups is 3. The fourth-order valence-corrected chi connectivity index (χ4v) is 17.9. The highest BCUT2D eigenvalue weighted by Gasteiger charge is 2.55. The summed E-state index contributed by atoms with van der Waals surface area (Å²) >= 11 is 0. The fourth-order valence-electron chi connectivity index (χ4n) is 17.9. The number of hydrogen-bond acceptors (Lipinski definition) is 12. The van der Waals surface area contributed by atoms with Crippen molar-refractivity contribution in [3.05, 3.63) is 225 Å². The molecule has 0 spiro atoms. The average Bonchev–Trinajstić information content (AvgIpc) is 1.57. The van der Waals surface area contributed by atoms with E-state index in [0.717, 1.165) is 52.9 Å². The van der Waals surface area contributed by atoms with Crippen molar-refractivity contribution in [3.63, 3.8) is 0 Å². The molecular formula is C89H77F18N3O9. The molecular weight excluding hydrogens is 1600 g/mol. The summed E-state index contributed by atoms with van der Waals surface area (Å²) in [5.74, 6) is -8.15. The minimum absolute atomic E-state index is 0.00544. The lowest BCUT2D eigenvalue weighted by atomic mass is 9.65. The van der Waals surface area contributed by atoms with E-state index in [2.05, 4.69) is 15.5 Å². The first-order valence-electron chi connectivity index (χ1n) is 38.4. The van der Waals surface area contributed by atoms with Crippen molar-refractivity contribution < 1.29 is 122 Å². The van der Waals surface area contributed by atoms with Gasteiger partial charge in [0.05, 0.1) is 0 Å². The van der Waals surface area contributed by atoms with Crippen LogP contribution in [0.2, 0.25) is 0 Å². The summed E-state index contributed by atoms with van der Waals surface area (Å²) in [7, 11) is 0. The molecule has 628 valence electrons. The van der Waals surface area contributed by atoms with Crippen molar-refractivity contribution in [2.24, 2.45) is 27.3 Å². The molecule has 5 aliphatic carbocycles. The van der Waals surface area contributed by atoms with Gasteiger partial charge >= 0.3 is 55.0 Å². The van der Waals surface area contributed by atoms with Gasteiger partial charge in [-0.05, 0) is 165 Å². The first-order valence-corrected chi connectivity index (χ1v) is 38.4. The Bertz CT molecular complexity index is 5230. The fraction of sp³-hybridized carbons (Fsp3) is 0.382. The third-order valence-electron chi connectivity index (χ3n) is 23.3. The normalized spacial score (nSPS) is 17.6. The van der Waals surface area contributed by atoms with Gasteiger partial charge in [0.25, 0.3) is 0 Å². The SMILES string of the molecule is CC(=O)O/N=C(\CC1CCCCC1)C(=O)c1ccc2c(c1)C(CCC(F)(F)F)(CCC(F)(F)F)c1cc(-c3ccc(/C(=N\OC(C)=O)C(=O)C4=CC5C(C=C4)c4ccc(-c6ccc(/C(=N\OC(C)=O)C(=O)c7ccc8c(c7)C(CCC(F)(F)F)(CCC(F)(F)F)c7ccccc7-8)c(C)c6)cc4C5(CCC(F)(F)F)CCC(F)(F)F)cc3)ccc1-2. The second-order valence-corrected chi connectivity index (χ2v) is 31.1. The van der Waals surface area contributed by atoms with E-state index in [9.17, 15) is 103 Å². The van der Waals surface area contributed by atoms with Crippen molar-refractivity contribution >= 4 is 52.4 Å². The van der Waals surface area contributed by atoms with Crippen molar-refractivity contribution in [1.29, 1.82) is 0 Å². The van der Waals surface area contributed by atoms with Crippen LogP contribution in [0.5, 0.6) is 0 Å². The maximum Gasteiger partial charge on any atom is 0.389 e. The number of allylic oxidation sites excluding steroid dienone is 4. The maximum atomic E-state index is 15.2. The number of aryl methyl sites for hydroxylation is 1. The van der Waals surface area contributed by atoms with Crippen LogP contribution in [-0.4, -0.2) is 89.5 Å². The van der Waals surface area contributed by atoms with Gasteiger partial charge in [-0.1, -0.05) is 187 Å². The maximum absolute atomic E-state index is 15.2. The van der Waals surface area contributed by atoms with Crippen LogP contribution in [0.25, 0.3) is 44.5 Å². The Hall–Kier alpha value is -10.8. The zero-order valence-electron chi connectivity index (χ0n) is 64.3. The van der Waals surface area contributed by atoms with Crippen LogP contribution in [0.15, 0.2) is 179 Å². The van der Waals surface area contributed by atoms with Gasteiger partial charge in [-0.25, -0.2) is 14.4 Å². The van der Waals surface area contributed by atoms with Crippen LogP contribution in [0.3, 0.4) is 0 Å². The summed E-state index contributed by atoms with van der Waals surface area (Å²) in [6.45, 7) is 4.42. The molecule has 0 radical (unpaired) electrons. The molecule has 2 atom stereocenters. The quantitative estimate of drug-likeness (QED) is 0.0160. The molecule has 30 heteroatoms. The van der Waals surface area contributed by atoms with E-state index in [1.54, 1.807) is 6.07 Å². The van der Waals surface area contributed by atoms with E-state index in [1.807, 2.05) is 0 Å². The molecule has 0 saturated heterocycles. The van der Waals surface area contributed by atoms with Gasteiger partial charge in [0, 0.05) is 109 Å². The van der Waals surface area contributed by atoms with Crippen molar-refractivity contribution in [1.82, 2.24) is 0 Å². The monoisotopic (exact) mass is 1670 g/mol. The number of hydrogen-bond donors (Lipinski definition) is 0. The Morgan fingerprint density at radius 1 is 0.403 bits per heavy atom. The van der Waals surface area contributed by atoms with E-state index in [-0.39, 0.29) is 124 Å². The highest BCUT2D eigenvalue weighted by atomic mass is 19.4. The molecule has 0 aromatic heterocycles. The Morgan fingerprint density at radius 2 is 0.815 bits per heavy atom. The van der Waals surface area contributed by atoms with Crippen molar-refractivity contribution in [2.45, 2.75) is 202 Å². The molecule has 7 aromatic carbocycles. The summed E-state index contributed by atoms with van der Waals surface area (Å²) in [5, 5.41) is 11.6. The standard InChI is InChI=1S/C89H77F18N3O9/c1-49-42-56(18-24-62(49)77(110-119-52(4)113)80(116)61-23-28-64-63-12-8-9-13-69(63)81(72(64)48-61,30-36-84(90,91)92)31-37-85(93,94)95)58-20-26-66-68-29-22-60(47-74(68)83(71(66)45-58,34-40-88(102,103)104)35-41-89(105,106)107)79(115)76(109-118-51(3)112)55-16-14-54(15-17-55)57-19-25-65-67-27-21-59(78(114)75(108-117-50(2)111)43-53-10-6-5-7-11-53)46-73(67)82(70(65)44-57,32-38-86(96,97)98)33-39-87(99,100)101/h8-9,12-29,42,44-48,53,68,74H,5-7,10-11,30-41,43H2,1-4H3/b108-75+,109-76+,110-77+. The number of halogens is 18. The van der Waals surface area contributed by atoms with Gasteiger partial charge in [-0.15, -0.1) is 0 Å². The number of carbonyl (C=O) groups is 6. The number of carbonyl (C=O) groups excluding carboxylic acids is 6. The van der Waals surface area contributed by atoms with Gasteiger partial charge in [0.15, 0.2) is 11.4 Å². The van der Waals surface area contributed by atoms with Crippen LogP contribution in [0.4, 0.5) is 79.0 Å². The molecule has 12 rings (SSSR count). The number of ketones is 3. The second-order valence-electron chi connectivity index (χ2n) is 31.1. The van der Waals surface area contributed by atoms with Gasteiger partial charge < -0.3 is 14.5 Å². The van der Waals surface area contributed by atoms with Crippen LogP contribution >= 0.6 is 0 Å². The third kappa shape index (κ3) is 19.7. The largest absolute Gasteiger partial charge is 0.389 e. The van der Waals surface area contributed by atoms with Gasteiger partial charge in [-0.2, -0.15) is 79.0 Å². The molecule has 2 unspecified atom stereocenters. The molecule has 0 bridgehead atoms. The van der Waals surface area contributed by atoms with Crippen molar-refractivity contribution in [3.8, 4) is 44.5 Å². The molecule has 0 amide bonds. The molecule has 0 N–H and O–H groups in total. The topological polar surface area (TPSA) is 167 Å².